The Balaban J connectivity index is 1.53. The Morgan fingerprint density at radius 3 is 2.67 bits per heavy atom. The number of aromatic nitrogens is 3. The van der Waals surface area contributed by atoms with Crippen molar-refractivity contribution >= 4 is 22.5 Å². The third-order valence-corrected chi connectivity index (χ3v) is 5.45. The molecule has 4 aromatic rings. The first kappa shape index (κ1) is 18.4. The van der Waals surface area contributed by atoms with Gasteiger partial charge in [0.05, 0.1) is 18.4 Å². The molecule has 1 aliphatic heterocycles. The van der Waals surface area contributed by atoms with Crippen LogP contribution in [0.4, 0.5) is 11.5 Å². The molecule has 0 saturated heterocycles. The standard InChI is InChI=1S/C23H23N5O2/c1-14-20-19(12-29-14)28(22-21(20)25-13-26-23(22)24)15-7-9-17(10-8-15)30-18-6-4-5-16(11-18)27(2)3/h4-11,13-14H,12H2,1-3H3,(H2,24,25,26). The number of hydrogen-bond acceptors (Lipinski definition) is 6. The molecule has 30 heavy (non-hydrogen) atoms. The monoisotopic (exact) mass is 401 g/mol. The van der Waals surface area contributed by atoms with Crippen LogP contribution in [0.2, 0.25) is 0 Å². The number of nitrogens with zero attached hydrogens (tertiary/aromatic N) is 4. The van der Waals surface area contributed by atoms with Crippen molar-refractivity contribution in [1.82, 2.24) is 14.5 Å². The molecule has 1 atom stereocenters. The van der Waals surface area contributed by atoms with Crippen LogP contribution < -0.4 is 15.4 Å². The van der Waals surface area contributed by atoms with Crippen molar-refractivity contribution in [1.29, 1.82) is 0 Å². The fourth-order valence-corrected chi connectivity index (χ4v) is 3.97. The molecule has 0 spiro atoms. The van der Waals surface area contributed by atoms with Gasteiger partial charge < -0.3 is 24.7 Å². The molecular weight excluding hydrogens is 378 g/mol. The maximum absolute atomic E-state index is 6.23. The first-order chi connectivity index (χ1) is 14.5. The highest BCUT2D eigenvalue weighted by Crippen LogP contribution is 2.40. The molecule has 7 heteroatoms. The molecule has 1 aliphatic rings. The van der Waals surface area contributed by atoms with E-state index in [9.17, 15) is 0 Å². The molecule has 7 nitrogen and oxygen atoms in total. The van der Waals surface area contributed by atoms with Gasteiger partial charge in [-0.3, -0.25) is 0 Å². The van der Waals surface area contributed by atoms with E-state index in [0.29, 0.717) is 12.4 Å². The summed E-state index contributed by atoms with van der Waals surface area (Å²) in [5, 5.41) is 0. The molecule has 152 valence electrons. The van der Waals surface area contributed by atoms with Crippen molar-refractivity contribution < 1.29 is 9.47 Å². The molecule has 0 aliphatic carbocycles. The van der Waals surface area contributed by atoms with E-state index in [-0.39, 0.29) is 6.10 Å². The van der Waals surface area contributed by atoms with Crippen LogP contribution >= 0.6 is 0 Å². The average Bonchev–Trinajstić information content (AvgIpc) is 3.28. The van der Waals surface area contributed by atoms with Gasteiger partial charge in [0.1, 0.15) is 28.9 Å². The third-order valence-electron chi connectivity index (χ3n) is 5.45. The SMILES string of the molecule is CC1OCc2c1c1ncnc(N)c1n2-c1ccc(Oc2cccc(N(C)C)c2)cc1. The van der Waals surface area contributed by atoms with Crippen LogP contribution in [-0.4, -0.2) is 28.6 Å². The smallest absolute Gasteiger partial charge is 0.151 e. The molecular formula is C23H23N5O2. The first-order valence-corrected chi connectivity index (χ1v) is 9.84. The summed E-state index contributed by atoms with van der Waals surface area (Å²) in [6, 6.07) is 15.9. The van der Waals surface area contributed by atoms with Crippen LogP contribution in [0, 0.1) is 0 Å². The molecule has 0 amide bonds. The van der Waals surface area contributed by atoms with Crippen molar-refractivity contribution in [3.05, 3.63) is 66.1 Å². The van der Waals surface area contributed by atoms with Crippen LogP contribution in [-0.2, 0) is 11.3 Å². The Morgan fingerprint density at radius 2 is 1.90 bits per heavy atom. The number of anilines is 2. The van der Waals surface area contributed by atoms with Gasteiger partial charge in [-0.2, -0.15) is 0 Å². The Hall–Kier alpha value is -3.58. The second-order valence-corrected chi connectivity index (χ2v) is 7.59. The van der Waals surface area contributed by atoms with Crippen molar-refractivity contribution in [2.45, 2.75) is 19.6 Å². The fraction of sp³-hybridized carbons (Fsp3) is 0.217. The van der Waals surface area contributed by atoms with Crippen molar-refractivity contribution in [2.24, 2.45) is 0 Å². The number of nitrogen functional groups attached to an aromatic ring is 1. The summed E-state index contributed by atoms with van der Waals surface area (Å²) in [6.45, 7) is 2.55. The highest BCUT2D eigenvalue weighted by molar-refractivity contribution is 5.91. The zero-order valence-electron chi connectivity index (χ0n) is 17.2. The van der Waals surface area contributed by atoms with Gasteiger partial charge in [0.15, 0.2) is 5.82 Å². The highest BCUT2D eigenvalue weighted by atomic mass is 16.5. The molecule has 2 aromatic heterocycles. The number of hydrogen-bond donors (Lipinski definition) is 1. The minimum absolute atomic E-state index is 0.0235. The minimum Gasteiger partial charge on any atom is -0.457 e. The van der Waals surface area contributed by atoms with E-state index in [4.69, 9.17) is 15.2 Å². The Morgan fingerprint density at radius 1 is 1.10 bits per heavy atom. The Bertz CT molecular complexity index is 1230. The Labute approximate surface area is 174 Å². The maximum Gasteiger partial charge on any atom is 0.151 e. The quantitative estimate of drug-likeness (QED) is 0.544. The van der Waals surface area contributed by atoms with E-state index in [1.807, 2.05) is 74.4 Å². The van der Waals surface area contributed by atoms with Gasteiger partial charge in [-0.15, -0.1) is 0 Å². The topological polar surface area (TPSA) is 78.4 Å². The van der Waals surface area contributed by atoms with Gasteiger partial charge in [-0.1, -0.05) is 6.07 Å². The van der Waals surface area contributed by atoms with Crippen LogP contribution in [0.15, 0.2) is 54.9 Å². The molecule has 2 aromatic carbocycles. The van der Waals surface area contributed by atoms with Crippen molar-refractivity contribution in [3.8, 4) is 17.2 Å². The molecule has 0 radical (unpaired) electrons. The zero-order chi connectivity index (χ0) is 20.8. The van der Waals surface area contributed by atoms with E-state index in [0.717, 1.165) is 45.2 Å². The van der Waals surface area contributed by atoms with Gasteiger partial charge in [-0.05, 0) is 43.3 Å². The minimum atomic E-state index is -0.0235. The molecule has 0 bridgehead atoms. The third kappa shape index (κ3) is 2.95. The summed E-state index contributed by atoms with van der Waals surface area (Å²) in [7, 11) is 4.02. The fourth-order valence-electron chi connectivity index (χ4n) is 3.97. The first-order valence-electron chi connectivity index (χ1n) is 9.84. The number of fused-ring (bicyclic) bond motifs is 3. The van der Waals surface area contributed by atoms with Gasteiger partial charge in [-0.25, -0.2) is 9.97 Å². The normalized spacial score (nSPS) is 15.4. The van der Waals surface area contributed by atoms with E-state index in [1.54, 1.807) is 0 Å². The Kier molecular flexibility index (Phi) is 4.33. The molecule has 5 rings (SSSR count). The predicted octanol–water partition coefficient (Wildman–Crippen LogP) is 4.45. The van der Waals surface area contributed by atoms with Crippen LogP contribution in [0.3, 0.4) is 0 Å². The van der Waals surface area contributed by atoms with Crippen molar-refractivity contribution in [3.63, 3.8) is 0 Å². The summed E-state index contributed by atoms with van der Waals surface area (Å²) in [5.41, 5.74) is 12.1. The lowest BCUT2D eigenvalue weighted by Crippen LogP contribution is -2.08. The lowest BCUT2D eigenvalue weighted by Gasteiger charge is -2.14. The molecule has 0 fully saturated rings. The lowest BCUT2D eigenvalue weighted by atomic mass is 10.1. The number of benzene rings is 2. The summed E-state index contributed by atoms with van der Waals surface area (Å²) in [4.78, 5) is 10.7. The van der Waals surface area contributed by atoms with E-state index in [1.165, 1.54) is 6.33 Å². The lowest BCUT2D eigenvalue weighted by molar-refractivity contribution is 0.0783. The molecule has 0 saturated carbocycles. The predicted molar refractivity (Wildman–Crippen MR) is 117 cm³/mol. The number of nitrogens with two attached hydrogens (primary N) is 1. The average molecular weight is 401 g/mol. The number of ether oxygens (including phenoxy) is 2. The molecule has 2 N–H and O–H groups in total. The van der Waals surface area contributed by atoms with Crippen LogP contribution in [0.1, 0.15) is 24.3 Å². The summed E-state index contributed by atoms with van der Waals surface area (Å²) >= 11 is 0. The van der Waals surface area contributed by atoms with Gasteiger partial charge in [0.25, 0.3) is 0 Å². The van der Waals surface area contributed by atoms with Crippen LogP contribution in [0.25, 0.3) is 16.7 Å². The summed E-state index contributed by atoms with van der Waals surface area (Å²) in [5.74, 6) is 2.01. The van der Waals surface area contributed by atoms with E-state index < -0.39 is 0 Å². The van der Waals surface area contributed by atoms with E-state index in [2.05, 4.69) is 14.5 Å². The molecule has 3 heterocycles. The van der Waals surface area contributed by atoms with Gasteiger partial charge in [0.2, 0.25) is 0 Å². The number of rotatable bonds is 4. The largest absolute Gasteiger partial charge is 0.457 e. The molecule has 1 unspecified atom stereocenters. The van der Waals surface area contributed by atoms with Gasteiger partial charge in [0, 0.05) is 37.1 Å². The van der Waals surface area contributed by atoms with Crippen LogP contribution in [0.5, 0.6) is 11.5 Å². The second kappa shape index (κ2) is 7.03. The van der Waals surface area contributed by atoms with Crippen molar-refractivity contribution in [2.75, 3.05) is 24.7 Å². The van der Waals surface area contributed by atoms with E-state index >= 15 is 0 Å². The van der Waals surface area contributed by atoms with Gasteiger partial charge >= 0.3 is 0 Å². The highest BCUT2D eigenvalue weighted by Gasteiger charge is 2.30. The zero-order valence-corrected chi connectivity index (χ0v) is 17.2. The second-order valence-electron chi connectivity index (χ2n) is 7.59. The summed E-state index contributed by atoms with van der Waals surface area (Å²) in [6.07, 6.45) is 1.48. The maximum atomic E-state index is 6.23. The summed E-state index contributed by atoms with van der Waals surface area (Å²) < 4.78 is 14.0.